The van der Waals surface area contributed by atoms with Crippen LogP contribution < -0.4 is 49.3 Å². The van der Waals surface area contributed by atoms with Crippen LogP contribution in [0, 0.1) is 0 Å². The number of anilines is 1. The van der Waals surface area contributed by atoms with E-state index < -0.39 is 12.8 Å². The van der Waals surface area contributed by atoms with E-state index in [0.29, 0.717) is 12.1 Å². The molecule has 0 fully saturated rings. The zero-order valence-electron chi connectivity index (χ0n) is 25.5. The summed E-state index contributed by atoms with van der Waals surface area (Å²) in [7, 11) is -1.75. The number of carbonyl (C=O) groups is 1. The molecule has 0 saturated carbocycles. The van der Waals surface area contributed by atoms with Crippen molar-refractivity contribution in [1.82, 2.24) is 10.2 Å². The van der Waals surface area contributed by atoms with Crippen LogP contribution in [0.5, 0.6) is 0 Å². The third-order valence-electron chi connectivity index (χ3n) is 8.34. The maximum atomic E-state index is 12.5. The largest absolute Gasteiger partial charge is 1.00 e. The average Bonchev–Trinajstić information content (AvgIpc) is 3.07. The number of carbonyl (C=O) groups excluding carboxylic acids is 1. The van der Waals surface area contributed by atoms with E-state index in [-0.39, 0.29) is 39.2 Å². The number of aromatic amines is 2. The highest BCUT2D eigenvalue weighted by Crippen LogP contribution is 2.56. The Balaban J connectivity index is 0.00000461. The second-order valence-corrected chi connectivity index (χ2v) is 14.9. The first-order valence-electron chi connectivity index (χ1n) is 15.7. The van der Waals surface area contributed by atoms with Crippen LogP contribution in [0.2, 0.25) is 0 Å². The van der Waals surface area contributed by atoms with E-state index in [1.54, 1.807) is 18.2 Å². The maximum absolute atomic E-state index is 12.5. The Hall–Kier alpha value is -3.80. The molecule has 1 aromatic heterocycles. The minimum atomic E-state index is -1.75. The predicted octanol–water partition coefficient (Wildman–Crippen LogP) is 3.66. The van der Waals surface area contributed by atoms with Gasteiger partial charge in [0.25, 0.3) is 11.1 Å². The standard InChI is InChI=1S/C37H40N3O3P.BrH/c41-34(38-33-26-18-25-32-35(33)37(43)40-39-36(32)42)27-16-5-3-1-2-4-6-17-28-44(29-19-10-7-11-20-29,30-21-12-8-13-22-30)31-23-14-9-15-24-31;/h7-15,18-26H,1-6,16-17,27-28H2,(H2-,38,39,40,41,42,43);1H. The van der Waals surface area contributed by atoms with Crippen molar-refractivity contribution in [3.05, 3.63) is 130 Å². The van der Waals surface area contributed by atoms with E-state index >= 15 is 0 Å². The molecular weight excluding hydrogens is 645 g/mol. The molecule has 5 rings (SSSR count). The summed E-state index contributed by atoms with van der Waals surface area (Å²) >= 11 is 0. The topological polar surface area (TPSA) is 94.8 Å². The van der Waals surface area contributed by atoms with Gasteiger partial charge in [0.1, 0.15) is 23.2 Å². The van der Waals surface area contributed by atoms with Crippen LogP contribution in [0.3, 0.4) is 0 Å². The molecule has 45 heavy (non-hydrogen) atoms. The Morgan fingerprint density at radius 3 is 1.56 bits per heavy atom. The normalized spacial score (nSPS) is 11.2. The maximum Gasteiger partial charge on any atom is 0.272 e. The third-order valence-corrected chi connectivity index (χ3v) is 12.9. The number of hydrogen-bond acceptors (Lipinski definition) is 3. The summed E-state index contributed by atoms with van der Waals surface area (Å²) in [5, 5.41) is 12.3. The van der Waals surface area contributed by atoms with Crippen LogP contribution in [0.1, 0.15) is 57.8 Å². The Kier molecular flexibility index (Phi) is 12.9. The van der Waals surface area contributed by atoms with Gasteiger partial charge in [-0.3, -0.25) is 24.6 Å². The second kappa shape index (κ2) is 17.0. The zero-order valence-corrected chi connectivity index (χ0v) is 28.0. The van der Waals surface area contributed by atoms with E-state index in [4.69, 9.17) is 0 Å². The van der Waals surface area contributed by atoms with Gasteiger partial charge in [-0.15, -0.1) is 0 Å². The highest BCUT2D eigenvalue weighted by atomic mass is 79.9. The van der Waals surface area contributed by atoms with E-state index in [9.17, 15) is 14.4 Å². The molecule has 0 saturated heterocycles. The fourth-order valence-electron chi connectivity index (χ4n) is 6.12. The molecule has 1 heterocycles. The smallest absolute Gasteiger partial charge is 0.272 e. The average molecular weight is 687 g/mol. The van der Waals surface area contributed by atoms with Gasteiger partial charge in [0.15, 0.2) is 0 Å². The summed E-state index contributed by atoms with van der Waals surface area (Å²) in [5.41, 5.74) is -0.443. The van der Waals surface area contributed by atoms with Crippen molar-refractivity contribution in [3.63, 3.8) is 0 Å². The summed E-state index contributed by atoms with van der Waals surface area (Å²) in [6.07, 6.45) is 10.4. The van der Waals surface area contributed by atoms with Crippen LogP contribution in [0.15, 0.2) is 119 Å². The highest BCUT2D eigenvalue weighted by Gasteiger charge is 2.44. The van der Waals surface area contributed by atoms with Crippen LogP contribution in [0.25, 0.3) is 10.8 Å². The van der Waals surface area contributed by atoms with Gasteiger partial charge in [0.05, 0.1) is 22.6 Å². The van der Waals surface area contributed by atoms with E-state index in [2.05, 4.69) is 107 Å². The van der Waals surface area contributed by atoms with Crippen LogP contribution in [0.4, 0.5) is 5.69 Å². The first-order chi connectivity index (χ1) is 21.6. The SMILES string of the molecule is O=C(CCCCCCCCCC[P+](c1ccccc1)(c1ccccc1)c1ccccc1)Nc1cccc2c(=O)[nH][nH]c(=O)c12.[Br-]. The van der Waals surface area contributed by atoms with E-state index in [0.717, 1.165) is 25.4 Å². The van der Waals surface area contributed by atoms with Gasteiger partial charge in [-0.25, -0.2) is 0 Å². The Morgan fingerprint density at radius 2 is 1.02 bits per heavy atom. The number of H-pyrrole nitrogens is 2. The lowest BCUT2D eigenvalue weighted by molar-refractivity contribution is -0.116. The van der Waals surface area contributed by atoms with Gasteiger partial charge in [-0.2, -0.15) is 0 Å². The number of nitrogens with one attached hydrogen (secondary N) is 3. The quantitative estimate of drug-likeness (QED) is 0.116. The molecule has 0 atom stereocenters. The number of fused-ring (bicyclic) bond motifs is 1. The number of amides is 1. The summed E-state index contributed by atoms with van der Waals surface area (Å²) in [6.45, 7) is 0. The van der Waals surface area contributed by atoms with Gasteiger partial charge < -0.3 is 22.3 Å². The van der Waals surface area contributed by atoms with Crippen molar-refractivity contribution in [2.75, 3.05) is 11.5 Å². The molecule has 4 aromatic carbocycles. The van der Waals surface area contributed by atoms with Gasteiger partial charge in [-0.05, 0) is 67.8 Å². The highest BCUT2D eigenvalue weighted by molar-refractivity contribution is 7.95. The Labute approximate surface area is 275 Å². The van der Waals surface area contributed by atoms with Crippen molar-refractivity contribution in [2.45, 2.75) is 57.8 Å². The predicted molar refractivity (Wildman–Crippen MR) is 185 cm³/mol. The van der Waals surface area contributed by atoms with Gasteiger partial charge in [0.2, 0.25) is 5.91 Å². The molecule has 6 nitrogen and oxygen atoms in total. The Morgan fingerprint density at radius 1 is 0.556 bits per heavy atom. The molecule has 0 bridgehead atoms. The fourth-order valence-corrected chi connectivity index (χ4v) is 10.5. The molecule has 3 N–H and O–H groups in total. The lowest BCUT2D eigenvalue weighted by Crippen LogP contribution is -3.00. The molecule has 0 spiro atoms. The number of halogens is 1. The number of benzene rings is 4. The van der Waals surface area contributed by atoms with Crippen molar-refractivity contribution in [2.24, 2.45) is 0 Å². The molecule has 0 radical (unpaired) electrons. The monoisotopic (exact) mass is 685 g/mol. The Bertz CT molecular complexity index is 1660. The van der Waals surface area contributed by atoms with E-state index in [1.807, 2.05) is 0 Å². The number of rotatable bonds is 15. The van der Waals surface area contributed by atoms with Crippen LogP contribution in [-0.2, 0) is 4.79 Å². The van der Waals surface area contributed by atoms with E-state index in [1.165, 1.54) is 48.0 Å². The number of hydrogen-bond donors (Lipinski definition) is 3. The van der Waals surface area contributed by atoms with Crippen molar-refractivity contribution in [3.8, 4) is 0 Å². The van der Waals surface area contributed by atoms with Gasteiger partial charge in [-0.1, -0.05) is 92.8 Å². The second-order valence-electron chi connectivity index (χ2n) is 11.3. The van der Waals surface area contributed by atoms with Crippen molar-refractivity contribution < 1.29 is 21.8 Å². The number of unbranched alkanes of at least 4 members (excludes halogenated alkanes) is 7. The molecule has 234 valence electrons. The minimum Gasteiger partial charge on any atom is -1.00 e. The summed E-state index contributed by atoms with van der Waals surface area (Å²) in [4.78, 5) is 36.8. The fraction of sp³-hybridized carbons (Fsp3) is 0.270. The first kappa shape index (κ1) is 34.1. The van der Waals surface area contributed by atoms with Crippen molar-refractivity contribution in [1.29, 1.82) is 0 Å². The summed E-state index contributed by atoms with van der Waals surface area (Å²) < 4.78 is 0. The van der Waals surface area contributed by atoms with Crippen molar-refractivity contribution >= 4 is 45.5 Å². The molecule has 1 amide bonds. The minimum absolute atomic E-state index is 0. The third kappa shape index (κ3) is 8.47. The molecule has 0 unspecified atom stereocenters. The summed E-state index contributed by atoms with van der Waals surface area (Å²) in [5.74, 6) is -0.140. The zero-order chi connectivity index (χ0) is 30.6. The molecule has 5 aromatic rings. The van der Waals surface area contributed by atoms with Crippen LogP contribution >= 0.6 is 7.26 Å². The molecular formula is C37H41BrN3O3P. The van der Waals surface area contributed by atoms with Gasteiger partial charge in [0, 0.05) is 6.42 Å². The lowest BCUT2D eigenvalue weighted by atomic mass is 10.1. The first-order valence-corrected chi connectivity index (χ1v) is 17.7. The summed E-state index contributed by atoms with van der Waals surface area (Å²) in [6, 6.07) is 38.2. The van der Waals surface area contributed by atoms with Gasteiger partial charge >= 0.3 is 0 Å². The molecule has 8 heteroatoms. The van der Waals surface area contributed by atoms with Crippen LogP contribution in [-0.4, -0.2) is 22.3 Å². The number of aromatic nitrogens is 2. The molecule has 0 aliphatic rings. The lowest BCUT2D eigenvalue weighted by Gasteiger charge is -2.27. The molecule has 0 aliphatic heterocycles. The molecule has 0 aliphatic carbocycles.